The van der Waals surface area contributed by atoms with Gasteiger partial charge < -0.3 is 24.8 Å². The van der Waals surface area contributed by atoms with E-state index in [4.69, 9.17) is 21.8 Å². The lowest BCUT2D eigenvalue weighted by Gasteiger charge is -2.42. The van der Waals surface area contributed by atoms with Crippen molar-refractivity contribution in [2.75, 3.05) is 29.9 Å². The van der Waals surface area contributed by atoms with Gasteiger partial charge in [0.05, 0.1) is 6.04 Å². The van der Waals surface area contributed by atoms with Gasteiger partial charge in [0.1, 0.15) is 5.52 Å². The molecule has 242 valence electrons. The average molecular weight is 618 g/mol. The number of hydrogen-bond donors (Lipinski definition) is 4. The van der Waals surface area contributed by atoms with Crippen molar-refractivity contribution in [2.24, 2.45) is 23.2 Å². The van der Waals surface area contributed by atoms with Crippen LogP contribution >= 0.6 is 0 Å². The van der Waals surface area contributed by atoms with E-state index in [0.717, 1.165) is 44.0 Å². The highest BCUT2D eigenvalue weighted by molar-refractivity contribution is 6.03. The van der Waals surface area contributed by atoms with Crippen LogP contribution in [0.2, 0.25) is 0 Å². The molecule has 0 unspecified atom stereocenters. The molecule has 2 aromatic heterocycles. The summed E-state index contributed by atoms with van der Waals surface area (Å²) in [4.78, 5) is 43.1. The van der Waals surface area contributed by atoms with E-state index >= 15 is 0 Å². The Morgan fingerprint density at radius 2 is 1.87 bits per heavy atom. The first-order valence-electron chi connectivity index (χ1n) is 16.2. The SMILES string of the molecule is C#C[C@H]1CC[C@H](Cn2c(N3CCN(C(=O)C(C)(C)C)C[C@H]3C=C)nc3nc(C(=N)NC(=O)O)nc(N[C@H](C)C4CCC4)c32)CC1. The molecule has 2 atom stereocenters. The van der Waals surface area contributed by atoms with Crippen molar-refractivity contribution in [1.82, 2.24) is 29.7 Å². The Kier molecular flexibility index (Phi) is 9.37. The summed E-state index contributed by atoms with van der Waals surface area (Å²) in [6.07, 6.45) is 13.7. The molecule has 2 amide bonds. The van der Waals surface area contributed by atoms with Crippen LogP contribution in [0, 0.1) is 40.9 Å². The number of amides is 2. The fraction of sp³-hybridized carbons (Fsp3) is 0.636. The molecule has 0 spiro atoms. The van der Waals surface area contributed by atoms with Crippen LogP contribution in [0.1, 0.15) is 78.5 Å². The summed E-state index contributed by atoms with van der Waals surface area (Å²) in [5.74, 6) is 5.01. The van der Waals surface area contributed by atoms with Crippen LogP contribution in [0.3, 0.4) is 0 Å². The van der Waals surface area contributed by atoms with Gasteiger partial charge in [-0.1, -0.05) is 33.3 Å². The van der Waals surface area contributed by atoms with E-state index in [1.165, 1.54) is 6.42 Å². The van der Waals surface area contributed by atoms with Crippen LogP contribution in [0.25, 0.3) is 11.2 Å². The molecule has 1 saturated heterocycles. The normalized spacial score (nSPS) is 23.1. The highest BCUT2D eigenvalue weighted by atomic mass is 16.4. The molecule has 12 heteroatoms. The summed E-state index contributed by atoms with van der Waals surface area (Å²) in [5.41, 5.74) is 0.637. The lowest BCUT2D eigenvalue weighted by atomic mass is 9.80. The molecule has 45 heavy (non-hydrogen) atoms. The van der Waals surface area contributed by atoms with Crippen molar-refractivity contribution < 1.29 is 14.7 Å². The van der Waals surface area contributed by atoms with E-state index in [1.807, 2.05) is 31.7 Å². The summed E-state index contributed by atoms with van der Waals surface area (Å²) in [7, 11) is 0. The topological polar surface area (TPSA) is 152 Å². The molecule has 2 aromatic rings. The van der Waals surface area contributed by atoms with Gasteiger partial charge in [-0.2, -0.15) is 4.98 Å². The Morgan fingerprint density at radius 3 is 2.44 bits per heavy atom. The van der Waals surface area contributed by atoms with Gasteiger partial charge in [-0.3, -0.25) is 15.5 Å². The number of hydrogen-bond acceptors (Lipinski definition) is 8. The van der Waals surface area contributed by atoms with E-state index in [2.05, 4.69) is 44.5 Å². The number of amidine groups is 1. The first kappa shape index (κ1) is 32.3. The number of carbonyl (C=O) groups excluding carboxylic acids is 1. The highest BCUT2D eigenvalue weighted by Crippen LogP contribution is 2.37. The second kappa shape index (κ2) is 13.1. The molecule has 0 radical (unpaired) electrons. The molecule has 3 aliphatic rings. The fourth-order valence-corrected chi connectivity index (χ4v) is 6.75. The Hall–Kier alpha value is -4.14. The van der Waals surface area contributed by atoms with E-state index in [1.54, 1.807) is 0 Å². The number of imidazole rings is 1. The number of nitrogens with one attached hydrogen (secondary N) is 3. The number of aromatic nitrogens is 4. The van der Waals surface area contributed by atoms with E-state index < -0.39 is 17.3 Å². The minimum atomic E-state index is -1.36. The Balaban J connectivity index is 1.60. The van der Waals surface area contributed by atoms with E-state index in [-0.39, 0.29) is 23.8 Å². The number of piperazine rings is 1. The zero-order valence-corrected chi connectivity index (χ0v) is 27.0. The smallest absolute Gasteiger partial charge is 0.410 e. The van der Waals surface area contributed by atoms with Crippen LogP contribution < -0.4 is 15.5 Å². The molecule has 1 aliphatic heterocycles. The number of anilines is 2. The first-order valence-corrected chi connectivity index (χ1v) is 16.2. The third-order valence-corrected chi connectivity index (χ3v) is 9.66. The maximum atomic E-state index is 13.2. The maximum Gasteiger partial charge on any atom is 0.410 e. The second-order valence-corrected chi connectivity index (χ2v) is 13.9. The second-order valence-electron chi connectivity index (χ2n) is 13.9. The summed E-state index contributed by atoms with van der Waals surface area (Å²) >= 11 is 0. The van der Waals surface area contributed by atoms with Crippen LogP contribution in [-0.2, 0) is 11.3 Å². The van der Waals surface area contributed by atoms with Crippen molar-refractivity contribution in [1.29, 1.82) is 5.41 Å². The lowest BCUT2D eigenvalue weighted by Crippen LogP contribution is -2.56. The zero-order valence-electron chi connectivity index (χ0n) is 27.0. The monoisotopic (exact) mass is 617 g/mol. The molecule has 5 rings (SSSR count). The maximum absolute atomic E-state index is 13.2. The van der Waals surface area contributed by atoms with E-state index in [0.29, 0.717) is 61.3 Å². The number of nitrogens with zero attached hydrogens (tertiary/aromatic N) is 6. The van der Waals surface area contributed by atoms with Gasteiger partial charge in [0.25, 0.3) is 0 Å². The summed E-state index contributed by atoms with van der Waals surface area (Å²) < 4.78 is 2.20. The van der Waals surface area contributed by atoms with Gasteiger partial charge in [0.15, 0.2) is 23.1 Å². The predicted octanol–water partition coefficient (Wildman–Crippen LogP) is 4.71. The molecule has 0 bridgehead atoms. The highest BCUT2D eigenvalue weighted by Gasteiger charge is 2.36. The van der Waals surface area contributed by atoms with Crippen molar-refractivity contribution >= 4 is 40.8 Å². The minimum Gasteiger partial charge on any atom is -0.465 e. The Morgan fingerprint density at radius 1 is 1.16 bits per heavy atom. The lowest BCUT2D eigenvalue weighted by molar-refractivity contribution is -0.140. The fourth-order valence-electron chi connectivity index (χ4n) is 6.75. The third kappa shape index (κ3) is 6.92. The summed E-state index contributed by atoms with van der Waals surface area (Å²) in [6.45, 7) is 14.4. The number of carboxylic acid groups (broad SMARTS) is 1. The predicted molar refractivity (Wildman–Crippen MR) is 175 cm³/mol. The average Bonchev–Trinajstić information content (AvgIpc) is 3.33. The third-order valence-electron chi connectivity index (χ3n) is 9.66. The van der Waals surface area contributed by atoms with Gasteiger partial charge in [-0.25, -0.2) is 14.8 Å². The van der Waals surface area contributed by atoms with Crippen molar-refractivity contribution in [3.05, 3.63) is 18.5 Å². The number of fused-ring (bicyclic) bond motifs is 1. The van der Waals surface area contributed by atoms with Crippen LogP contribution in [-0.4, -0.2) is 79.1 Å². The summed E-state index contributed by atoms with van der Waals surface area (Å²) in [6, 6.07) is -0.0560. The molecule has 2 aliphatic carbocycles. The largest absolute Gasteiger partial charge is 0.465 e. The van der Waals surface area contributed by atoms with Gasteiger partial charge in [0.2, 0.25) is 11.9 Å². The van der Waals surface area contributed by atoms with Crippen LogP contribution in [0.15, 0.2) is 12.7 Å². The summed E-state index contributed by atoms with van der Waals surface area (Å²) in [5, 5.41) is 23.3. The van der Waals surface area contributed by atoms with Crippen molar-refractivity contribution in [3.63, 3.8) is 0 Å². The van der Waals surface area contributed by atoms with Gasteiger partial charge >= 0.3 is 6.09 Å². The molecule has 3 fully saturated rings. The number of terminal acetylenes is 1. The molecule has 0 aromatic carbocycles. The van der Waals surface area contributed by atoms with E-state index in [9.17, 15) is 14.7 Å². The van der Waals surface area contributed by atoms with Gasteiger partial charge in [0, 0.05) is 43.6 Å². The van der Waals surface area contributed by atoms with Crippen molar-refractivity contribution in [2.45, 2.75) is 91.3 Å². The molecule has 3 heterocycles. The quantitative estimate of drug-likeness (QED) is 0.144. The molecule has 2 saturated carbocycles. The molecular weight excluding hydrogens is 570 g/mol. The molecular formula is C33H47N9O3. The van der Waals surface area contributed by atoms with Crippen LogP contribution in [0.5, 0.6) is 0 Å². The minimum absolute atomic E-state index is 0.0419. The zero-order chi connectivity index (χ0) is 32.5. The van der Waals surface area contributed by atoms with Gasteiger partial charge in [-0.05, 0) is 57.3 Å². The Labute approximate surface area is 265 Å². The van der Waals surface area contributed by atoms with Crippen LogP contribution in [0.4, 0.5) is 16.6 Å². The van der Waals surface area contributed by atoms with Crippen molar-refractivity contribution in [3.8, 4) is 12.3 Å². The Bertz CT molecular complexity index is 1490. The first-order chi connectivity index (χ1) is 21.4. The molecule has 4 N–H and O–H groups in total. The standard InChI is InChI=1S/C33H47N9O3/c1-7-21-12-14-22(15-13-21)18-42-25-27(35-20(3)23-10-9-11-23)37-29(26(34)36-32(44)45)38-28(25)39-31(42)41-17-16-40(19-24(41)8-2)30(43)33(4,5)6/h1,8,20-24H,2,9-19H2,3-6H3,(H2,34,36)(H,44,45)(H,35,37,38)/t20-,21-,22-,24-/m1/s1. The number of rotatable bonds is 8. The molecule has 12 nitrogen and oxygen atoms in total. The van der Waals surface area contributed by atoms with Gasteiger partial charge in [-0.15, -0.1) is 18.9 Å². The number of carbonyl (C=O) groups is 2.